The van der Waals surface area contributed by atoms with Crippen LogP contribution in [0.25, 0.3) is 0 Å². The van der Waals surface area contributed by atoms with Gasteiger partial charge >= 0.3 is 5.97 Å². The summed E-state index contributed by atoms with van der Waals surface area (Å²) in [4.78, 5) is 29.8. The molecule has 1 amide bonds. The van der Waals surface area contributed by atoms with Gasteiger partial charge in [0, 0.05) is 25.0 Å². The fourth-order valence-electron chi connectivity index (χ4n) is 2.60. The average molecular weight is 337 g/mol. The summed E-state index contributed by atoms with van der Waals surface area (Å²) < 4.78 is 6.21. The van der Waals surface area contributed by atoms with Crippen LogP contribution in [0.4, 0.5) is 0 Å². The molecule has 0 bridgehead atoms. The number of esters is 1. The zero-order valence-electron chi connectivity index (χ0n) is 14.9. The number of amides is 1. The van der Waals surface area contributed by atoms with Crippen molar-refractivity contribution >= 4 is 11.9 Å². The highest BCUT2D eigenvalue weighted by Crippen LogP contribution is 2.18. The molecule has 1 aromatic rings. The minimum atomic E-state index is -0.539. The summed E-state index contributed by atoms with van der Waals surface area (Å²) in [5.41, 5.74) is 0. The molecule has 1 aromatic heterocycles. The Kier molecular flexibility index (Phi) is 6.30. The quantitative estimate of drug-likeness (QED) is 0.776. The van der Waals surface area contributed by atoms with E-state index in [-0.39, 0.29) is 23.7 Å². The van der Waals surface area contributed by atoms with Crippen molar-refractivity contribution < 1.29 is 14.3 Å². The molecule has 8 nitrogen and oxygen atoms in total. The number of likely N-dealkylation sites (tertiary alicyclic amines) is 1. The normalized spacial score (nSPS) is 17.7. The van der Waals surface area contributed by atoms with Crippen LogP contribution < -0.4 is 5.32 Å². The topological polar surface area (TPSA) is 89.4 Å². The Hall–Kier alpha value is -1.96. The molecule has 1 saturated heterocycles. The molecule has 1 fully saturated rings. The van der Waals surface area contributed by atoms with Crippen LogP contribution in [0, 0.1) is 11.8 Å². The predicted octanol–water partition coefficient (Wildman–Crippen LogP) is 0.895. The first-order valence-corrected chi connectivity index (χ1v) is 8.41. The molecule has 0 radical (unpaired) electrons. The summed E-state index contributed by atoms with van der Waals surface area (Å²) in [6.45, 7) is 8.45. The molecule has 1 aliphatic heterocycles. The van der Waals surface area contributed by atoms with Gasteiger partial charge in [0.05, 0.1) is 13.8 Å². The molecule has 134 valence electrons. The van der Waals surface area contributed by atoms with Crippen LogP contribution in [0.1, 0.15) is 44.2 Å². The minimum Gasteiger partial charge on any atom is -0.463 e. The summed E-state index contributed by atoms with van der Waals surface area (Å²) in [5.74, 6) is 0.191. The second-order valence-electron chi connectivity index (χ2n) is 6.67. The Morgan fingerprint density at radius 1 is 1.33 bits per heavy atom. The largest absolute Gasteiger partial charge is 0.463 e. The molecule has 2 heterocycles. The standard InChI is InChI=1S/C16H27N5O3/c1-11(2)12(3)18-15(22)13-5-7-20(8-6-13)10-21-9-17-14(19-21)16(23)24-4/h9,11-13H,5-8,10H2,1-4H3,(H,18,22)/t12-/m1/s1. The SMILES string of the molecule is COC(=O)c1ncn(CN2CCC(C(=O)N[C@H](C)C(C)C)CC2)n1. The van der Waals surface area contributed by atoms with E-state index in [2.05, 4.69) is 38.9 Å². The summed E-state index contributed by atoms with van der Waals surface area (Å²) in [6, 6.07) is 0.197. The van der Waals surface area contributed by atoms with Crippen molar-refractivity contribution in [3.8, 4) is 0 Å². The Bertz CT molecular complexity index is 564. The van der Waals surface area contributed by atoms with E-state index in [1.54, 1.807) is 4.68 Å². The molecule has 0 aliphatic carbocycles. The van der Waals surface area contributed by atoms with E-state index in [0.29, 0.717) is 12.6 Å². The van der Waals surface area contributed by atoms with E-state index in [0.717, 1.165) is 25.9 Å². The lowest BCUT2D eigenvalue weighted by molar-refractivity contribution is -0.127. The maximum atomic E-state index is 12.3. The molecule has 1 aliphatic rings. The van der Waals surface area contributed by atoms with E-state index in [1.165, 1.54) is 13.4 Å². The number of methoxy groups -OCH3 is 1. The van der Waals surface area contributed by atoms with Crippen LogP contribution in [-0.4, -0.2) is 57.8 Å². The van der Waals surface area contributed by atoms with E-state index >= 15 is 0 Å². The van der Waals surface area contributed by atoms with Crippen molar-refractivity contribution in [2.45, 2.75) is 46.3 Å². The van der Waals surface area contributed by atoms with Gasteiger partial charge in [-0.25, -0.2) is 14.5 Å². The molecule has 2 rings (SSSR count). The number of nitrogens with one attached hydrogen (secondary N) is 1. The molecule has 8 heteroatoms. The van der Waals surface area contributed by atoms with Gasteiger partial charge in [-0.15, -0.1) is 5.10 Å². The van der Waals surface area contributed by atoms with Crippen LogP contribution in [0.15, 0.2) is 6.33 Å². The third-order valence-electron chi connectivity index (χ3n) is 4.58. The highest BCUT2D eigenvalue weighted by atomic mass is 16.5. The van der Waals surface area contributed by atoms with Gasteiger partial charge in [-0.2, -0.15) is 0 Å². The van der Waals surface area contributed by atoms with Gasteiger partial charge in [0.15, 0.2) is 0 Å². The number of hydrogen-bond donors (Lipinski definition) is 1. The molecule has 0 saturated carbocycles. The van der Waals surface area contributed by atoms with Gasteiger partial charge in [0.25, 0.3) is 5.82 Å². The van der Waals surface area contributed by atoms with Crippen LogP contribution >= 0.6 is 0 Å². The maximum Gasteiger partial charge on any atom is 0.377 e. The van der Waals surface area contributed by atoms with E-state index in [4.69, 9.17) is 0 Å². The number of rotatable bonds is 6. The monoisotopic (exact) mass is 337 g/mol. The first-order valence-electron chi connectivity index (χ1n) is 8.41. The number of carbonyl (C=O) groups is 2. The van der Waals surface area contributed by atoms with Crippen LogP contribution in [0.5, 0.6) is 0 Å². The van der Waals surface area contributed by atoms with Gasteiger partial charge in [-0.1, -0.05) is 13.8 Å². The molecule has 1 atom stereocenters. The lowest BCUT2D eigenvalue weighted by Crippen LogP contribution is -2.44. The highest BCUT2D eigenvalue weighted by molar-refractivity contribution is 5.84. The summed E-state index contributed by atoms with van der Waals surface area (Å²) in [7, 11) is 1.30. The van der Waals surface area contributed by atoms with Gasteiger partial charge in [0.1, 0.15) is 6.33 Å². The average Bonchev–Trinajstić information content (AvgIpc) is 3.03. The number of aromatic nitrogens is 3. The summed E-state index contributed by atoms with van der Waals surface area (Å²) in [6.07, 6.45) is 3.18. The maximum absolute atomic E-state index is 12.3. The second-order valence-corrected chi connectivity index (χ2v) is 6.67. The van der Waals surface area contributed by atoms with Gasteiger partial charge < -0.3 is 10.1 Å². The number of carbonyl (C=O) groups excluding carboxylic acids is 2. The zero-order valence-corrected chi connectivity index (χ0v) is 14.9. The fourth-order valence-corrected chi connectivity index (χ4v) is 2.60. The van der Waals surface area contributed by atoms with Crippen molar-refractivity contribution in [2.24, 2.45) is 11.8 Å². The molecule has 24 heavy (non-hydrogen) atoms. The third kappa shape index (κ3) is 4.77. The Balaban J connectivity index is 1.79. The lowest BCUT2D eigenvalue weighted by atomic mass is 9.95. The van der Waals surface area contributed by atoms with E-state index < -0.39 is 5.97 Å². The molecule has 0 aromatic carbocycles. The first kappa shape index (κ1) is 18.4. The molecule has 0 unspecified atom stereocenters. The fraction of sp³-hybridized carbons (Fsp3) is 0.750. The lowest BCUT2D eigenvalue weighted by Gasteiger charge is -2.31. The van der Waals surface area contributed by atoms with Gasteiger partial charge in [-0.3, -0.25) is 9.69 Å². The van der Waals surface area contributed by atoms with Crippen molar-refractivity contribution in [1.82, 2.24) is 25.0 Å². The number of piperidine rings is 1. The first-order chi connectivity index (χ1) is 11.4. The zero-order chi connectivity index (χ0) is 17.7. The molecule has 0 spiro atoms. The number of hydrogen-bond acceptors (Lipinski definition) is 6. The smallest absolute Gasteiger partial charge is 0.377 e. The second kappa shape index (κ2) is 8.23. The number of ether oxygens (including phenoxy) is 1. The van der Waals surface area contributed by atoms with Gasteiger partial charge in [0.2, 0.25) is 5.91 Å². The van der Waals surface area contributed by atoms with Crippen molar-refractivity contribution in [3.05, 3.63) is 12.2 Å². The van der Waals surface area contributed by atoms with Crippen LogP contribution in [-0.2, 0) is 16.2 Å². The van der Waals surface area contributed by atoms with Crippen LogP contribution in [0.2, 0.25) is 0 Å². The highest BCUT2D eigenvalue weighted by Gasteiger charge is 2.26. The minimum absolute atomic E-state index is 0.0643. The van der Waals surface area contributed by atoms with E-state index in [9.17, 15) is 9.59 Å². The summed E-state index contributed by atoms with van der Waals surface area (Å²) >= 11 is 0. The molecular weight excluding hydrogens is 310 g/mol. The molecule has 1 N–H and O–H groups in total. The van der Waals surface area contributed by atoms with Crippen molar-refractivity contribution in [1.29, 1.82) is 0 Å². The third-order valence-corrected chi connectivity index (χ3v) is 4.58. The van der Waals surface area contributed by atoms with Crippen LogP contribution in [0.3, 0.4) is 0 Å². The Morgan fingerprint density at radius 2 is 2.00 bits per heavy atom. The Labute approximate surface area is 142 Å². The van der Waals surface area contributed by atoms with Crippen molar-refractivity contribution in [2.75, 3.05) is 20.2 Å². The van der Waals surface area contributed by atoms with E-state index in [1.807, 2.05) is 6.92 Å². The Morgan fingerprint density at radius 3 is 2.58 bits per heavy atom. The molecular formula is C16H27N5O3. The number of nitrogens with zero attached hydrogens (tertiary/aromatic N) is 4. The summed E-state index contributed by atoms with van der Waals surface area (Å²) in [5, 5.41) is 7.20. The van der Waals surface area contributed by atoms with Crippen molar-refractivity contribution in [3.63, 3.8) is 0 Å². The van der Waals surface area contributed by atoms with Gasteiger partial charge in [-0.05, 0) is 25.7 Å². The predicted molar refractivity (Wildman–Crippen MR) is 88.1 cm³/mol.